The van der Waals surface area contributed by atoms with Gasteiger partial charge in [0.1, 0.15) is 0 Å². The highest BCUT2D eigenvalue weighted by Crippen LogP contribution is 2.29. The molecule has 1 unspecified atom stereocenters. The van der Waals surface area contributed by atoms with Crippen molar-refractivity contribution in [1.29, 1.82) is 0 Å². The highest BCUT2D eigenvalue weighted by molar-refractivity contribution is 5.31. The molecule has 1 aliphatic rings. The van der Waals surface area contributed by atoms with E-state index in [1.165, 1.54) is 0 Å². The summed E-state index contributed by atoms with van der Waals surface area (Å²) in [5.41, 5.74) is 2.17. The molecule has 2 rings (SSSR count). The lowest BCUT2D eigenvalue weighted by Crippen LogP contribution is -2.33. The molecule has 0 spiro atoms. The van der Waals surface area contributed by atoms with Gasteiger partial charge in [-0.1, -0.05) is 19.9 Å². The molecule has 1 heterocycles. The van der Waals surface area contributed by atoms with Crippen LogP contribution in [0.2, 0.25) is 0 Å². The lowest BCUT2D eigenvalue weighted by Gasteiger charge is -2.20. The highest BCUT2D eigenvalue weighted by Gasteiger charge is 2.31. The van der Waals surface area contributed by atoms with Crippen molar-refractivity contribution in [1.82, 2.24) is 10.3 Å². The van der Waals surface area contributed by atoms with Gasteiger partial charge in [0.15, 0.2) is 0 Å². The summed E-state index contributed by atoms with van der Waals surface area (Å²) in [5, 5.41) is 13.2. The summed E-state index contributed by atoms with van der Waals surface area (Å²) < 4.78 is 0. The van der Waals surface area contributed by atoms with Gasteiger partial charge in [0.25, 0.3) is 0 Å². The molecule has 0 bridgehead atoms. The first kappa shape index (κ1) is 9.62. The fourth-order valence-corrected chi connectivity index (χ4v) is 1.99. The van der Waals surface area contributed by atoms with Crippen LogP contribution in [0.3, 0.4) is 0 Å². The predicted molar refractivity (Wildman–Crippen MR) is 55.0 cm³/mol. The quantitative estimate of drug-likeness (QED) is 0.736. The number of rotatable bonds is 2. The van der Waals surface area contributed by atoms with Gasteiger partial charge >= 0.3 is 0 Å². The number of hydrogen-bond acceptors (Lipinski definition) is 3. The molecule has 0 radical (unpaired) electrons. The molecule has 2 atom stereocenters. The zero-order valence-corrected chi connectivity index (χ0v) is 8.57. The van der Waals surface area contributed by atoms with Crippen molar-refractivity contribution < 1.29 is 5.11 Å². The summed E-state index contributed by atoms with van der Waals surface area (Å²) in [6.07, 6.45) is 2.12. The minimum atomic E-state index is -0.331. The molecule has 1 aromatic heterocycles. The van der Waals surface area contributed by atoms with E-state index < -0.39 is 0 Å². The van der Waals surface area contributed by atoms with Gasteiger partial charge in [-0.3, -0.25) is 4.98 Å². The van der Waals surface area contributed by atoms with Crippen molar-refractivity contribution in [2.45, 2.75) is 38.5 Å². The van der Waals surface area contributed by atoms with Gasteiger partial charge in [-0.05, 0) is 11.6 Å². The number of hydrogen-bond donors (Lipinski definition) is 2. The molecule has 0 aliphatic heterocycles. The summed E-state index contributed by atoms with van der Waals surface area (Å²) in [6.45, 7) is 4.17. The number of pyridine rings is 1. The Hall–Kier alpha value is -0.930. The van der Waals surface area contributed by atoms with Gasteiger partial charge in [-0.25, -0.2) is 0 Å². The Morgan fingerprint density at radius 2 is 2.36 bits per heavy atom. The maximum absolute atomic E-state index is 9.86. The average Bonchev–Trinajstić information content (AvgIpc) is 2.43. The third-order valence-corrected chi connectivity index (χ3v) is 2.56. The number of nitrogens with zero attached hydrogens (tertiary/aromatic N) is 1. The minimum Gasteiger partial charge on any atom is -0.391 e. The molecule has 3 nitrogen and oxygen atoms in total. The molecule has 2 N–H and O–H groups in total. The SMILES string of the molecule is CC(C)NC1c2cccnc2C[C@H]1O. The van der Waals surface area contributed by atoms with Gasteiger partial charge in [0.05, 0.1) is 12.1 Å². The molecule has 0 aromatic carbocycles. The zero-order valence-electron chi connectivity index (χ0n) is 8.57. The first-order chi connectivity index (χ1) is 6.68. The Bertz CT molecular complexity index is 325. The second-order valence-electron chi connectivity index (χ2n) is 4.11. The number of aromatic nitrogens is 1. The van der Waals surface area contributed by atoms with Gasteiger partial charge in [-0.2, -0.15) is 0 Å². The summed E-state index contributed by atoms with van der Waals surface area (Å²) in [4.78, 5) is 4.27. The number of nitrogens with one attached hydrogen (secondary N) is 1. The van der Waals surface area contributed by atoms with Crippen LogP contribution in [0.5, 0.6) is 0 Å². The maximum atomic E-state index is 9.86. The maximum Gasteiger partial charge on any atom is 0.0791 e. The molecule has 0 saturated heterocycles. The van der Waals surface area contributed by atoms with E-state index in [0.717, 1.165) is 11.3 Å². The van der Waals surface area contributed by atoms with E-state index in [9.17, 15) is 5.11 Å². The molecule has 3 heteroatoms. The zero-order chi connectivity index (χ0) is 10.1. The Morgan fingerprint density at radius 3 is 3.07 bits per heavy atom. The van der Waals surface area contributed by atoms with Gasteiger partial charge in [-0.15, -0.1) is 0 Å². The van der Waals surface area contributed by atoms with Crippen LogP contribution in [0.1, 0.15) is 31.1 Å². The molecule has 1 aromatic rings. The van der Waals surface area contributed by atoms with Crippen LogP contribution in [-0.4, -0.2) is 22.2 Å². The smallest absolute Gasteiger partial charge is 0.0791 e. The lowest BCUT2D eigenvalue weighted by molar-refractivity contribution is 0.136. The molecule has 14 heavy (non-hydrogen) atoms. The molecular formula is C11H16N2O. The van der Waals surface area contributed by atoms with Crippen molar-refractivity contribution in [3.8, 4) is 0 Å². The van der Waals surface area contributed by atoms with E-state index in [4.69, 9.17) is 0 Å². The van der Waals surface area contributed by atoms with E-state index in [2.05, 4.69) is 24.1 Å². The minimum absolute atomic E-state index is 0.0544. The second-order valence-corrected chi connectivity index (χ2v) is 4.11. The Morgan fingerprint density at radius 1 is 1.57 bits per heavy atom. The first-order valence-electron chi connectivity index (χ1n) is 5.06. The van der Waals surface area contributed by atoms with Crippen molar-refractivity contribution >= 4 is 0 Å². The number of aliphatic hydroxyl groups excluding tert-OH is 1. The van der Waals surface area contributed by atoms with Gasteiger partial charge in [0.2, 0.25) is 0 Å². The largest absolute Gasteiger partial charge is 0.391 e. The van der Waals surface area contributed by atoms with Crippen LogP contribution in [-0.2, 0) is 6.42 Å². The van der Waals surface area contributed by atoms with E-state index in [-0.39, 0.29) is 12.1 Å². The standard InChI is InChI=1S/C11H16N2O/c1-7(2)13-11-8-4-3-5-12-9(8)6-10(11)14/h3-5,7,10-11,13-14H,6H2,1-2H3/t10-,11?/m1/s1. The first-order valence-corrected chi connectivity index (χ1v) is 5.06. The molecule has 76 valence electrons. The van der Waals surface area contributed by atoms with Crippen molar-refractivity contribution in [3.63, 3.8) is 0 Å². The summed E-state index contributed by atoms with van der Waals surface area (Å²) in [5.74, 6) is 0. The molecule has 0 fully saturated rings. The fourth-order valence-electron chi connectivity index (χ4n) is 1.99. The van der Waals surface area contributed by atoms with Crippen LogP contribution in [0.4, 0.5) is 0 Å². The summed E-state index contributed by atoms with van der Waals surface area (Å²) >= 11 is 0. The van der Waals surface area contributed by atoms with E-state index in [0.29, 0.717) is 12.5 Å². The van der Waals surface area contributed by atoms with Crippen molar-refractivity contribution in [2.75, 3.05) is 0 Å². The van der Waals surface area contributed by atoms with Gasteiger partial charge in [0, 0.05) is 24.4 Å². The predicted octanol–water partition coefficient (Wildman–Crippen LogP) is 1.04. The topological polar surface area (TPSA) is 45.2 Å². The van der Waals surface area contributed by atoms with Crippen LogP contribution in [0.25, 0.3) is 0 Å². The Kier molecular flexibility index (Phi) is 2.52. The van der Waals surface area contributed by atoms with Crippen LogP contribution >= 0.6 is 0 Å². The second kappa shape index (κ2) is 3.67. The molecule has 0 saturated carbocycles. The van der Waals surface area contributed by atoms with Crippen molar-refractivity contribution in [3.05, 3.63) is 29.6 Å². The van der Waals surface area contributed by atoms with Crippen LogP contribution in [0, 0.1) is 0 Å². The normalized spacial score (nSPS) is 25.4. The monoisotopic (exact) mass is 192 g/mol. The van der Waals surface area contributed by atoms with E-state index in [1.54, 1.807) is 6.20 Å². The van der Waals surface area contributed by atoms with E-state index in [1.807, 2.05) is 12.1 Å². The molecular weight excluding hydrogens is 176 g/mol. The molecule has 0 amide bonds. The Labute approximate surface area is 84.2 Å². The van der Waals surface area contributed by atoms with Crippen LogP contribution < -0.4 is 5.32 Å². The lowest BCUT2D eigenvalue weighted by atomic mass is 10.1. The number of fused-ring (bicyclic) bond motifs is 1. The summed E-state index contributed by atoms with van der Waals surface area (Å²) in [7, 11) is 0. The van der Waals surface area contributed by atoms with Crippen molar-refractivity contribution in [2.24, 2.45) is 0 Å². The molecule has 1 aliphatic carbocycles. The fraction of sp³-hybridized carbons (Fsp3) is 0.545. The van der Waals surface area contributed by atoms with E-state index >= 15 is 0 Å². The number of aliphatic hydroxyl groups is 1. The highest BCUT2D eigenvalue weighted by atomic mass is 16.3. The third kappa shape index (κ3) is 1.65. The third-order valence-electron chi connectivity index (χ3n) is 2.56. The summed E-state index contributed by atoms with van der Waals surface area (Å²) in [6, 6.07) is 4.39. The Balaban J connectivity index is 2.25. The van der Waals surface area contributed by atoms with Crippen LogP contribution in [0.15, 0.2) is 18.3 Å². The average molecular weight is 192 g/mol. The van der Waals surface area contributed by atoms with Gasteiger partial charge < -0.3 is 10.4 Å².